The first kappa shape index (κ1) is 24.8. The highest BCUT2D eigenvalue weighted by Crippen LogP contribution is 2.10. The molecule has 3 aromatic rings. The Balaban J connectivity index is 0.000000245. The van der Waals surface area contributed by atoms with Gasteiger partial charge in [-0.1, -0.05) is 0 Å². The van der Waals surface area contributed by atoms with E-state index in [-0.39, 0.29) is 29.1 Å². The quantitative estimate of drug-likeness (QED) is 0.400. The van der Waals surface area contributed by atoms with Crippen LogP contribution in [-0.4, -0.2) is 74.4 Å². The Kier molecular flexibility index (Phi) is 8.09. The van der Waals surface area contributed by atoms with Gasteiger partial charge in [0.1, 0.15) is 0 Å². The summed E-state index contributed by atoms with van der Waals surface area (Å²) in [5.74, 6) is -1.36. The van der Waals surface area contributed by atoms with Crippen LogP contribution < -0.4 is 10.6 Å². The third kappa shape index (κ3) is 6.28. The Morgan fingerprint density at radius 2 is 1.30 bits per heavy atom. The number of carbonyl (C=O) groups excluding carboxylic acids is 4. The third-order valence-electron chi connectivity index (χ3n) is 4.01. The zero-order valence-electron chi connectivity index (χ0n) is 18.5. The Labute approximate surface area is 189 Å². The molecule has 14 nitrogen and oxygen atoms in total. The van der Waals surface area contributed by atoms with Crippen molar-refractivity contribution < 1.29 is 28.7 Å². The zero-order chi connectivity index (χ0) is 24.7. The van der Waals surface area contributed by atoms with E-state index in [4.69, 9.17) is 7.85 Å². The molecule has 0 unspecified atom stereocenters. The molecule has 3 aromatic heterocycles. The van der Waals surface area contributed by atoms with Gasteiger partial charge in [-0.05, 0) is 0 Å². The monoisotopic (exact) mass is 456 g/mol. The van der Waals surface area contributed by atoms with Crippen LogP contribution in [0.4, 0.5) is 16.4 Å². The van der Waals surface area contributed by atoms with Crippen molar-refractivity contribution in [3.8, 4) is 0 Å². The van der Waals surface area contributed by atoms with Crippen LogP contribution in [-0.2, 0) is 30.6 Å². The summed E-state index contributed by atoms with van der Waals surface area (Å²) >= 11 is 0. The van der Waals surface area contributed by atoms with E-state index in [0.29, 0.717) is 0 Å². The maximum atomic E-state index is 11.9. The molecule has 0 aromatic carbocycles. The normalized spacial score (nSPS) is 9.97. The number of hydrogen-bond acceptors (Lipinski definition) is 9. The zero-order valence-corrected chi connectivity index (χ0v) is 18.5. The minimum absolute atomic E-state index is 0.0938. The topological polar surface area (TPSA) is 164 Å². The second-order valence-electron chi connectivity index (χ2n) is 6.41. The summed E-state index contributed by atoms with van der Waals surface area (Å²) in [6, 6.07) is 0. The second-order valence-corrected chi connectivity index (χ2v) is 6.41. The van der Waals surface area contributed by atoms with Gasteiger partial charge >= 0.3 is 11.9 Å². The lowest BCUT2D eigenvalue weighted by atomic mass is 10.1. The minimum Gasteiger partial charge on any atom is -0.463 e. The number of amides is 2. The van der Waals surface area contributed by atoms with E-state index in [0.717, 1.165) is 0 Å². The highest BCUT2D eigenvalue weighted by Gasteiger charge is 2.17. The average Bonchev–Trinajstić information content (AvgIpc) is 3.45. The van der Waals surface area contributed by atoms with Gasteiger partial charge in [-0.3, -0.25) is 9.59 Å². The summed E-state index contributed by atoms with van der Waals surface area (Å²) in [6.07, 6.45) is 6.16. The molecule has 0 aliphatic heterocycles. The number of nitrogens with one attached hydrogen (secondary N) is 2. The Morgan fingerprint density at radius 3 is 1.70 bits per heavy atom. The van der Waals surface area contributed by atoms with Gasteiger partial charge in [0.15, 0.2) is 23.3 Å². The van der Waals surface area contributed by atoms with E-state index in [1.807, 2.05) is 0 Å². The first-order valence-electron chi connectivity index (χ1n) is 9.15. The first-order valence-corrected chi connectivity index (χ1v) is 9.15. The van der Waals surface area contributed by atoms with E-state index < -0.39 is 23.7 Å². The molecule has 0 aliphatic carbocycles. The molecule has 0 saturated heterocycles. The standard InChI is InChI=1S/C11H13N5O3.C7H8BN3O3/c1-15-5-4-12-8(15)10(17)14-7-6-16(2)9(13-7)11(18)19-3;1-11-3-4(10-7(8)13)9-5(11)6(12)14-2/h4-6H,1-3H3,(H,14,17);3H,1-2H3,(H,10,13). The Hall–Kier alpha value is -4.43. The molecule has 2 radical (unpaired) electrons. The van der Waals surface area contributed by atoms with Crippen LogP contribution in [0.15, 0.2) is 24.8 Å². The molecule has 3 heterocycles. The summed E-state index contributed by atoms with van der Waals surface area (Å²) < 4.78 is 13.5. The molecule has 0 atom stereocenters. The molecule has 0 aliphatic rings. The molecular formula is C18H21BN8O6. The fourth-order valence-electron chi connectivity index (χ4n) is 2.50. The van der Waals surface area contributed by atoms with Crippen molar-refractivity contribution in [1.82, 2.24) is 28.7 Å². The molecule has 0 spiro atoms. The molecule has 15 heteroatoms. The summed E-state index contributed by atoms with van der Waals surface area (Å²) in [5.41, 5.74) is 0. The van der Waals surface area contributed by atoms with E-state index in [2.05, 4.69) is 35.1 Å². The van der Waals surface area contributed by atoms with Crippen molar-refractivity contribution in [3.05, 3.63) is 42.3 Å². The number of nitrogens with zero attached hydrogens (tertiary/aromatic N) is 6. The van der Waals surface area contributed by atoms with Gasteiger partial charge in [-0.2, -0.15) is 0 Å². The smallest absolute Gasteiger partial charge is 0.374 e. The molecule has 0 bridgehead atoms. The number of carbonyl (C=O) groups is 4. The van der Waals surface area contributed by atoms with E-state index in [1.54, 1.807) is 31.9 Å². The molecule has 3 rings (SSSR count). The van der Waals surface area contributed by atoms with Crippen LogP contribution in [0.5, 0.6) is 0 Å². The number of aryl methyl sites for hydroxylation is 3. The highest BCUT2D eigenvalue weighted by atomic mass is 16.5. The fourth-order valence-corrected chi connectivity index (χ4v) is 2.50. The van der Waals surface area contributed by atoms with Crippen LogP contribution in [0.1, 0.15) is 31.9 Å². The average molecular weight is 456 g/mol. The predicted molar refractivity (Wildman–Crippen MR) is 115 cm³/mol. The van der Waals surface area contributed by atoms with Gasteiger partial charge in [0.05, 0.1) is 14.2 Å². The maximum Gasteiger partial charge on any atom is 0.374 e. The summed E-state index contributed by atoms with van der Waals surface area (Å²) in [6.45, 7) is 0. The highest BCUT2D eigenvalue weighted by molar-refractivity contribution is 6.60. The third-order valence-corrected chi connectivity index (χ3v) is 4.01. The minimum atomic E-state index is -0.737. The van der Waals surface area contributed by atoms with E-state index in [9.17, 15) is 19.2 Å². The maximum absolute atomic E-state index is 11.9. The summed E-state index contributed by atoms with van der Waals surface area (Å²) in [7, 11) is 12.3. The van der Waals surface area contributed by atoms with Gasteiger partial charge in [-0.25, -0.2) is 24.5 Å². The lowest BCUT2D eigenvalue weighted by Crippen LogP contribution is -2.17. The molecule has 172 valence electrons. The summed E-state index contributed by atoms with van der Waals surface area (Å²) in [4.78, 5) is 56.5. The van der Waals surface area contributed by atoms with Crippen LogP contribution in [0.3, 0.4) is 0 Å². The van der Waals surface area contributed by atoms with Gasteiger partial charge in [-0.15, -0.1) is 0 Å². The first-order chi connectivity index (χ1) is 15.6. The molecule has 2 N–H and O–H groups in total. The van der Waals surface area contributed by atoms with Crippen LogP contribution >= 0.6 is 0 Å². The number of methoxy groups -OCH3 is 2. The van der Waals surface area contributed by atoms with Gasteiger partial charge in [0.25, 0.3) is 5.91 Å². The lowest BCUT2D eigenvalue weighted by molar-refractivity contribution is 0.0574. The number of aromatic nitrogens is 6. The molecular weight excluding hydrogens is 435 g/mol. The van der Waals surface area contributed by atoms with Crippen molar-refractivity contribution >= 4 is 43.1 Å². The second kappa shape index (κ2) is 10.7. The van der Waals surface area contributed by atoms with Crippen molar-refractivity contribution in [3.63, 3.8) is 0 Å². The van der Waals surface area contributed by atoms with Crippen LogP contribution in [0.2, 0.25) is 0 Å². The van der Waals surface area contributed by atoms with Crippen molar-refractivity contribution in [1.29, 1.82) is 0 Å². The van der Waals surface area contributed by atoms with E-state index >= 15 is 0 Å². The number of esters is 2. The lowest BCUT2D eigenvalue weighted by Gasteiger charge is -2.01. The predicted octanol–water partition coefficient (Wildman–Crippen LogP) is 0.0996. The Bertz CT molecular complexity index is 1180. The van der Waals surface area contributed by atoms with Crippen LogP contribution in [0.25, 0.3) is 0 Å². The number of rotatable bonds is 5. The molecule has 0 saturated carbocycles. The summed E-state index contributed by atoms with van der Waals surface area (Å²) in [5, 5.41) is 4.81. The number of imidazole rings is 3. The van der Waals surface area contributed by atoms with Gasteiger partial charge in [0, 0.05) is 45.9 Å². The molecule has 2 amide bonds. The number of anilines is 2. The van der Waals surface area contributed by atoms with Gasteiger partial charge in [0.2, 0.25) is 19.5 Å². The van der Waals surface area contributed by atoms with E-state index in [1.165, 1.54) is 41.9 Å². The molecule has 33 heavy (non-hydrogen) atoms. The van der Waals surface area contributed by atoms with Crippen molar-refractivity contribution in [2.75, 3.05) is 24.9 Å². The number of hydrogen-bond donors (Lipinski definition) is 2. The van der Waals surface area contributed by atoms with Crippen molar-refractivity contribution in [2.45, 2.75) is 0 Å². The Morgan fingerprint density at radius 1 is 0.818 bits per heavy atom. The van der Waals surface area contributed by atoms with Crippen LogP contribution in [0, 0.1) is 0 Å². The number of ether oxygens (including phenoxy) is 2. The SMILES string of the molecule is COC(=O)c1nc(NC(=O)c2nccn2C)cn1C.[B]C(=O)Nc1cn(C)c(C(=O)OC)n1. The van der Waals surface area contributed by atoms with Crippen molar-refractivity contribution in [2.24, 2.45) is 21.1 Å². The largest absolute Gasteiger partial charge is 0.463 e. The van der Waals surface area contributed by atoms with Gasteiger partial charge < -0.3 is 33.8 Å². The molecule has 0 fully saturated rings. The fraction of sp³-hybridized carbons (Fsp3) is 0.278.